The highest BCUT2D eigenvalue weighted by molar-refractivity contribution is 7.89. The zero-order chi connectivity index (χ0) is 20.4. The molecule has 29 heavy (non-hydrogen) atoms. The molecule has 1 heterocycles. The van der Waals surface area contributed by atoms with Gasteiger partial charge in [0.1, 0.15) is 0 Å². The van der Waals surface area contributed by atoms with Gasteiger partial charge in [-0.05, 0) is 61.9 Å². The molecule has 1 saturated carbocycles. The molecule has 2 aliphatic carbocycles. The van der Waals surface area contributed by atoms with Crippen LogP contribution >= 0.6 is 0 Å². The summed E-state index contributed by atoms with van der Waals surface area (Å²) in [5.74, 6) is 0.222. The Morgan fingerprint density at radius 1 is 1.21 bits per heavy atom. The first-order chi connectivity index (χ1) is 13.9. The van der Waals surface area contributed by atoms with Crippen molar-refractivity contribution in [3.8, 4) is 0 Å². The van der Waals surface area contributed by atoms with Gasteiger partial charge in [0.15, 0.2) is 0 Å². The van der Waals surface area contributed by atoms with E-state index in [-0.39, 0.29) is 29.3 Å². The Balaban J connectivity index is 1.42. The molecule has 2 aliphatic rings. The van der Waals surface area contributed by atoms with E-state index in [0.717, 1.165) is 55.3 Å². The van der Waals surface area contributed by atoms with Gasteiger partial charge in [-0.1, -0.05) is 18.9 Å². The number of carbonyl (C=O) groups excluding carboxylic acids is 1. The summed E-state index contributed by atoms with van der Waals surface area (Å²) in [6, 6.07) is 7.04. The second kappa shape index (κ2) is 8.28. The van der Waals surface area contributed by atoms with E-state index in [1.807, 2.05) is 25.3 Å². The average Bonchev–Trinajstić information content (AvgIpc) is 3.43. The third-order valence-electron chi connectivity index (χ3n) is 5.95. The predicted molar refractivity (Wildman–Crippen MR) is 110 cm³/mol. The highest BCUT2D eigenvalue weighted by atomic mass is 32.2. The predicted octanol–water partition coefficient (Wildman–Crippen LogP) is 2.46. The minimum absolute atomic E-state index is 0.0969. The van der Waals surface area contributed by atoms with Crippen molar-refractivity contribution in [1.29, 1.82) is 0 Å². The van der Waals surface area contributed by atoms with Crippen molar-refractivity contribution in [2.24, 2.45) is 5.92 Å². The molecule has 0 unspecified atom stereocenters. The third-order valence-corrected chi connectivity index (χ3v) is 7.41. The van der Waals surface area contributed by atoms with Crippen LogP contribution < -0.4 is 10.0 Å². The lowest BCUT2D eigenvalue weighted by atomic mass is 10.0. The molecule has 8 heteroatoms. The van der Waals surface area contributed by atoms with Gasteiger partial charge in [-0.2, -0.15) is 5.10 Å². The zero-order valence-corrected chi connectivity index (χ0v) is 17.5. The summed E-state index contributed by atoms with van der Waals surface area (Å²) in [4.78, 5) is 12.8. The Hall–Kier alpha value is -2.19. The van der Waals surface area contributed by atoms with Gasteiger partial charge in [0, 0.05) is 18.7 Å². The number of fused-ring (bicyclic) bond motifs is 1. The fourth-order valence-corrected chi connectivity index (χ4v) is 5.40. The number of aromatic nitrogens is 2. The molecule has 0 spiro atoms. The van der Waals surface area contributed by atoms with Crippen LogP contribution in [0.2, 0.25) is 0 Å². The summed E-state index contributed by atoms with van der Waals surface area (Å²) in [5, 5.41) is 7.42. The van der Waals surface area contributed by atoms with Gasteiger partial charge in [-0.3, -0.25) is 9.48 Å². The van der Waals surface area contributed by atoms with Gasteiger partial charge in [0.05, 0.1) is 23.2 Å². The molecule has 0 bridgehead atoms. The molecule has 2 N–H and O–H groups in total. The summed E-state index contributed by atoms with van der Waals surface area (Å²) in [6.45, 7) is 2.63. The first-order valence-corrected chi connectivity index (χ1v) is 11.8. The number of benzene rings is 1. The lowest BCUT2D eigenvalue weighted by Gasteiger charge is -2.18. The van der Waals surface area contributed by atoms with Crippen molar-refractivity contribution in [2.45, 2.75) is 62.9 Å². The van der Waals surface area contributed by atoms with Crippen LogP contribution in [-0.2, 0) is 27.8 Å². The van der Waals surface area contributed by atoms with Crippen LogP contribution in [0.15, 0.2) is 35.4 Å². The van der Waals surface area contributed by atoms with E-state index in [1.54, 1.807) is 16.8 Å². The van der Waals surface area contributed by atoms with Crippen molar-refractivity contribution in [3.63, 3.8) is 0 Å². The molecular weight excluding hydrogens is 388 g/mol. The fourth-order valence-electron chi connectivity index (χ4n) is 4.34. The van der Waals surface area contributed by atoms with Crippen molar-refractivity contribution in [2.75, 3.05) is 6.54 Å². The number of nitrogens with one attached hydrogen (secondary N) is 2. The molecule has 0 aliphatic heterocycles. The highest BCUT2D eigenvalue weighted by Crippen LogP contribution is 2.34. The summed E-state index contributed by atoms with van der Waals surface area (Å²) >= 11 is 0. The molecule has 1 aromatic heterocycles. The van der Waals surface area contributed by atoms with E-state index >= 15 is 0 Å². The summed E-state index contributed by atoms with van der Waals surface area (Å²) in [5.41, 5.74) is 2.95. The Labute approximate surface area is 171 Å². The van der Waals surface area contributed by atoms with E-state index in [0.29, 0.717) is 6.54 Å². The highest BCUT2D eigenvalue weighted by Gasteiger charge is 2.29. The maximum absolute atomic E-state index is 12.7. The molecule has 1 amide bonds. The van der Waals surface area contributed by atoms with Crippen LogP contribution in [0.4, 0.5) is 0 Å². The van der Waals surface area contributed by atoms with Crippen LogP contribution in [0.25, 0.3) is 0 Å². The first kappa shape index (κ1) is 20.1. The Kier molecular flexibility index (Phi) is 5.74. The standard InChI is InChI=1S/C21H28N4O3S/c1-15-10-12-25(24-15)13-11-22-29(27,28)18-8-6-16-7-9-20(19(16)14-18)23-21(26)17-4-2-3-5-17/h6,8,10,12,14,17,20,22H,2-5,7,9,11,13H2,1H3,(H,23,26)/t20-/m1/s1. The Morgan fingerprint density at radius 2 is 2.00 bits per heavy atom. The maximum Gasteiger partial charge on any atom is 0.240 e. The molecule has 1 aromatic carbocycles. The zero-order valence-electron chi connectivity index (χ0n) is 16.7. The van der Waals surface area contributed by atoms with Crippen LogP contribution in [-0.4, -0.2) is 30.7 Å². The number of aryl methyl sites for hydroxylation is 2. The van der Waals surface area contributed by atoms with Gasteiger partial charge in [-0.25, -0.2) is 13.1 Å². The normalized spacial score (nSPS) is 19.4. The fraction of sp³-hybridized carbons (Fsp3) is 0.524. The quantitative estimate of drug-likeness (QED) is 0.725. The van der Waals surface area contributed by atoms with Gasteiger partial charge < -0.3 is 5.32 Å². The topological polar surface area (TPSA) is 93.1 Å². The van der Waals surface area contributed by atoms with Crippen molar-refractivity contribution in [3.05, 3.63) is 47.3 Å². The summed E-state index contributed by atoms with van der Waals surface area (Å²) in [6.07, 6.45) is 7.66. The molecule has 0 saturated heterocycles. The van der Waals surface area contributed by atoms with Gasteiger partial charge in [0.2, 0.25) is 15.9 Å². The maximum atomic E-state index is 12.7. The van der Waals surface area contributed by atoms with Crippen LogP contribution in [0.3, 0.4) is 0 Å². The SMILES string of the molecule is Cc1ccn(CCNS(=O)(=O)c2ccc3c(c2)[C@H](NC(=O)C2CCCC2)CC3)n1. The number of rotatable bonds is 7. The van der Waals surface area contributed by atoms with E-state index < -0.39 is 10.0 Å². The molecule has 156 valence electrons. The number of hydrogen-bond donors (Lipinski definition) is 2. The van der Waals surface area contributed by atoms with E-state index in [9.17, 15) is 13.2 Å². The molecular formula is C21H28N4O3S. The number of carbonyl (C=O) groups is 1. The van der Waals surface area contributed by atoms with Crippen molar-refractivity contribution in [1.82, 2.24) is 19.8 Å². The van der Waals surface area contributed by atoms with E-state index in [1.165, 1.54) is 0 Å². The monoisotopic (exact) mass is 416 g/mol. The second-order valence-electron chi connectivity index (χ2n) is 8.06. The summed E-state index contributed by atoms with van der Waals surface area (Å²) in [7, 11) is -3.62. The van der Waals surface area contributed by atoms with Crippen LogP contribution in [0.5, 0.6) is 0 Å². The minimum Gasteiger partial charge on any atom is -0.349 e. The minimum atomic E-state index is -3.62. The van der Waals surface area contributed by atoms with E-state index in [2.05, 4.69) is 15.1 Å². The van der Waals surface area contributed by atoms with Gasteiger partial charge >= 0.3 is 0 Å². The second-order valence-corrected chi connectivity index (χ2v) is 9.83. The molecule has 1 atom stereocenters. The van der Waals surface area contributed by atoms with Crippen LogP contribution in [0.1, 0.15) is 55.0 Å². The Bertz CT molecular complexity index is 993. The number of nitrogens with zero attached hydrogens (tertiary/aromatic N) is 2. The molecule has 4 rings (SSSR count). The number of amides is 1. The average molecular weight is 417 g/mol. The third kappa shape index (κ3) is 4.53. The largest absolute Gasteiger partial charge is 0.349 e. The number of sulfonamides is 1. The van der Waals surface area contributed by atoms with E-state index in [4.69, 9.17) is 0 Å². The van der Waals surface area contributed by atoms with Gasteiger partial charge in [-0.15, -0.1) is 0 Å². The molecule has 1 fully saturated rings. The lowest BCUT2D eigenvalue weighted by molar-refractivity contribution is -0.125. The van der Waals surface area contributed by atoms with Gasteiger partial charge in [0.25, 0.3) is 0 Å². The lowest BCUT2D eigenvalue weighted by Crippen LogP contribution is -2.32. The molecule has 7 nitrogen and oxygen atoms in total. The van der Waals surface area contributed by atoms with Crippen LogP contribution in [0, 0.1) is 12.8 Å². The molecule has 2 aromatic rings. The molecule has 0 radical (unpaired) electrons. The van der Waals surface area contributed by atoms with Crippen molar-refractivity contribution < 1.29 is 13.2 Å². The smallest absolute Gasteiger partial charge is 0.240 e. The first-order valence-electron chi connectivity index (χ1n) is 10.4. The summed E-state index contributed by atoms with van der Waals surface area (Å²) < 4.78 is 29.8. The Morgan fingerprint density at radius 3 is 2.72 bits per heavy atom. The van der Waals surface area contributed by atoms with Crippen molar-refractivity contribution >= 4 is 15.9 Å². The number of hydrogen-bond acceptors (Lipinski definition) is 4.